The molecule has 0 saturated heterocycles. The largest absolute Gasteiger partial charge is 0.339 e. The van der Waals surface area contributed by atoms with Crippen LogP contribution in [0, 0.1) is 0 Å². The maximum atomic E-state index is 6.23. The van der Waals surface area contributed by atoms with Crippen molar-refractivity contribution in [3.8, 4) is 0 Å². The average Bonchev–Trinajstić information content (AvgIpc) is 2.84. The maximum Gasteiger partial charge on any atom is 0.227 e. The van der Waals surface area contributed by atoms with E-state index in [2.05, 4.69) is 16.4 Å². The van der Waals surface area contributed by atoms with Gasteiger partial charge in [0, 0.05) is 12.2 Å². The van der Waals surface area contributed by atoms with Gasteiger partial charge in [-0.3, -0.25) is 0 Å². The van der Waals surface area contributed by atoms with E-state index >= 15 is 0 Å². The third-order valence-corrected chi connectivity index (χ3v) is 3.54. The summed E-state index contributed by atoms with van der Waals surface area (Å²) in [6.07, 6.45) is 7.21. The highest BCUT2D eigenvalue weighted by molar-refractivity contribution is 7.98. The summed E-state index contributed by atoms with van der Waals surface area (Å²) >= 11 is 1.78. The molecule has 0 aromatic carbocycles. The summed E-state index contributed by atoms with van der Waals surface area (Å²) in [5, 5.41) is 4.00. The van der Waals surface area contributed by atoms with E-state index in [1.165, 1.54) is 12.8 Å². The van der Waals surface area contributed by atoms with Crippen LogP contribution in [0.3, 0.4) is 0 Å². The van der Waals surface area contributed by atoms with Crippen LogP contribution >= 0.6 is 11.8 Å². The lowest BCUT2D eigenvalue weighted by Crippen LogP contribution is -2.34. The lowest BCUT2D eigenvalue weighted by atomic mass is 9.99. The van der Waals surface area contributed by atoms with E-state index < -0.39 is 0 Å². The van der Waals surface area contributed by atoms with Crippen molar-refractivity contribution < 1.29 is 4.52 Å². The zero-order chi connectivity index (χ0) is 10.7. The van der Waals surface area contributed by atoms with Crippen LogP contribution < -0.4 is 5.73 Å². The summed E-state index contributed by atoms with van der Waals surface area (Å²) < 4.78 is 5.19. The highest BCUT2D eigenvalue weighted by Crippen LogP contribution is 2.34. The van der Waals surface area contributed by atoms with E-state index in [1.807, 2.05) is 0 Å². The molecule has 0 aliphatic heterocycles. The number of nitrogens with two attached hydrogens (primary N) is 1. The second-order valence-corrected chi connectivity index (χ2v) is 5.10. The Morgan fingerprint density at radius 2 is 2.20 bits per heavy atom. The molecule has 0 unspecified atom stereocenters. The van der Waals surface area contributed by atoms with Crippen molar-refractivity contribution in [2.24, 2.45) is 5.73 Å². The summed E-state index contributed by atoms with van der Waals surface area (Å²) in [5.74, 6) is 2.44. The van der Waals surface area contributed by atoms with Gasteiger partial charge >= 0.3 is 0 Å². The number of hydrogen-bond acceptors (Lipinski definition) is 5. The molecular formula is C10H17N3OS. The van der Waals surface area contributed by atoms with Gasteiger partial charge < -0.3 is 10.3 Å². The second-order valence-electron chi connectivity index (χ2n) is 4.12. The molecule has 2 rings (SSSR count). The molecule has 1 saturated carbocycles. The van der Waals surface area contributed by atoms with E-state index in [0.29, 0.717) is 5.82 Å². The smallest absolute Gasteiger partial charge is 0.227 e. The molecule has 5 heteroatoms. The number of rotatable bonds is 4. The van der Waals surface area contributed by atoms with Crippen LogP contribution in [0.1, 0.15) is 37.4 Å². The zero-order valence-corrected chi connectivity index (χ0v) is 9.85. The lowest BCUT2D eigenvalue weighted by Gasteiger charge is -2.17. The van der Waals surface area contributed by atoms with Crippen LogP contribution in [0.2, 0.25) is 0 Å². The van der Waals surface area contributed by atoms with Crippen LogP contribution in [-0.4, -0.2) is 22.1 Å². The number of aryl methyl sites for hydroxylation is 1. The van der Waals surface area contributed by atoms with Gasteiger partial charge in [-0.05, 0) is 19.1 Å². The molecule has 2 N–H and O–H groups in total. The molecule has 1 aliphatic carbocycles. The molecular weight excluding hydrogens is 210 g/mol. The van der Waals surface area contributed by atoms with Crippen molar-refractivity contribution in [1.82, 2.24) is 10.1 Å². The van der Waals surface area contributed by atoms with Crippen LogP contribution in [0.15, 0.2) is 4.52 Å². The minimum Gasteiger partial charge on any atom is -0.339 e. The molecule has 1 aliphatic rings. The van der Waals surface area contributed by atoms with Gasteiger partial charge in [-0.15, -0.1) is 0 Å². The van der Waals surface area contributed by atoms with Crippen molar-refractivity contribution in [3.05, 3.63) is 11.7 Å². The van der Waals surface area contributed by atoms with Crippen LogP contribution in [0.5, 0.6) is 0 Å². The molecule has 1 aromatic heterocycles. The quantitative estimate of drug-likeness (QED) is 0.848. The van der Waals surface area contributed by atoms with Gasteiger partial charge in [-0.25, -0.2) is 0 Å². The third-order valence-electron chi connectivity index (χ3n) is 2.93. The molecule has 0 bridgehead atoms. The Hall–Kier alpha value is -0.550. The maximum absolute atomic E-state index is 6.23. The SMILES string of the molecule is CSCCc1nc(C2(N)CCCC2)no1. The van der Waals surface area contributed by atoms with E-state index in [-0.39, 0.29) is 5.54 Å². The van der Waals surface area contributed by atoms with Crippen molar-refractivity contribution in [1.29, 1.82) is 0 Å². The molecule has 1 heterocycles. The molecule has 15 heavy (non-hydrogen) atoms. The van der Waals surface area contributed by atoms with E-state index in [9.17, 15) is 0 Å². The molecule has 84 valence electrons. The number of thioether (sulfide) groups is 1. The summed E-state index contributed by atoms with van der Waals surface area (Å²) in [6.45, 7) is 0. The summed E-state index contributed by atoms with van der Waals surface area (Å²) in [5.41, 5.74) is 5.91. The fraction of sp³-hybridized carbons (Fsp3) is 0.800. The predicted molar refractivity (Wildman–Crippen MR) is 60.7 cm³/mol. The first-order valence-electron chi connectivity index (χ1n) is 5.35. The molecule has 1 aromatic rings. The number of aromatic nitrogens is 2. The summed E-state index contributed by atoms with van der Waals surface area (Å²) in [4.78, 5) is 4.39. The topological polar surface area (TPSA) is 64.9 Å². The summed E-state index contributed by atoms with van der Waals surface area (Å²) in [6, 6.07) is 0. The van der Waals surface area contributed by atoms with Crippen molar-refractivity contribution >= 4 is 11.8 Å². The number of hydrogen-bond donors (Lipinski definition) is 1. The second kappa shape index (κ2) is 4.53. The van der Waals surface area contributed by atoms with E-state index in [0.717, 1.165) is 30.9 Å². The summed E-state index contributed by atoms with van der Waals surface area (Å²) in [7, 11) is 0. The van der Waals surface area contributed by atoms with E-state index in [4.69, 9.17) is 10.3 Å². The van der Waals surface area contributed by atoms with Crippen molar-refractivity contribution in [2.45, 2.75) is 37.6 Å². The van der Waals surface area contributed by atoms with Crippen LogP contribution in [0.4, 0.5) is 0 Å². The van der Waals surface area contributed by atoms with E-state index in [1.54, 1.807) is 11.8 Å². The Morgan fingerprint density at radius 1 is 1.47 bits per heavy atom. The molecule has 0 amide bonds. The van der Waals surface area contributed by atoms with Gasteiger partial charge in [0.05, 0.1) is 5.54 Å². The monoisotopic (exact) mass is 227 g/mol. The van der Waals surface area contributed by atoms with Gasteiger partial charge in [-0.2, -0.15) is 16.7 Å². The first kappa shape index (κ1) is 11.0. The predicted octanol–water partition coefficient (Wildman–Crippen LogP) is 1.70. The van der Waals surface area contributed by atoms with Gasteiger partial charge in [0.1, 0.15) is 0 Å². The molecule has 1 fully saturated rings. The first-order chi connectivity index (χ1) is 7.24. The standard InChI is InChI=1S/C10H17N3OS/c1-15-7-4-8-12-9(13-14-8)10(11)5-2-3-6-10/h2-7,11H2,1H3. The normalized spacial score (nSPS) is 19.6. The Balaban J connectivity index is 2.05. The molecule has 4 nitrogen and oxygen atoms in total. The molecule has 0 atom stereocenters. The van der Waals surface area contributed by atoms with Gasteiger partial charge in [0.25, 0.3) is 0 Å². The highest BCUT2D eigenvalue weighted by atomic mass is 32.2. The average molecular weight is 227 g/mol. The Kier molecular flexibility index (Phi) is 3.31. The Bertz CT molecular complexity index is 320. The fourth-order valence-corrected chi connectivity index (χ4v) is 2.36. The van der Waals surface area contributed by atoms with Gasteiger partial charge in [0.2, 0.25) is 5.89 Å². The van der Waals surface area contributed by atoms with Crippen LogP contribution in [0.25, 0.3) is 0 Å². The highest BCUT2D eigenvalue weighted by Gasteiger charge is 2.35. The minimum atomic E-state index is -0.318. The Labute approximate surface area is 94.0 Å². The van der Waals surface area contributed by atoms with Crippen LogP contribution in [-0.2, 0) is 12.0 Å². The third kappa shape index (κ3) is 2.34. The fourth-order valence-electron chi connectivity index (χ4n) is 1.98. The molecule has 0 spiro atoms. The van der Waals surface area contributed by atoms with Gasteiger partial charge in [-0.1, -0.05) is 18.0 Å². The lowest BCUT2D eigenvalue weighted by molar-refractivity contribution is 0.351. The molecule has 0 radical (unpaired) electrons. The van der Waals surface area contributed by atoms with Gasteiger partial charge in [0.15, 0.2) is 5.82 Å². The minimum absolute atomic E-state index is 0.318. The van der Waals surface area contributed by atoms with Crippen molar-refractivity contribution in [2.75, 3.05) is 12.0 Å². The number of nitrogens with zero attached hydrogens (tertiary/aromatic N) is 2. The first-order valence-corrected chi connectivity index (χ1v) is 6.75. The Morgan fingerprint density at radius 3 is 2.87 bits per heavy atom. The zero-order valence-electron chi connectivity index (χ0n) is 9.03. The van der Waals surface area contributed by atoms with Crippen molar-refractivity contribution in [3.63, 3.8) is 0 Å².